The summed E-state index contributed by atoms with van der Waals surface area (Å²) in [7, 11) is 1.68. The highest BCUT2D eigenvalue weighted by Crippen LogP contribution is 2.19. The van der Waals surface area contributed by atoms with Crippen LogP contribution in [0.4, 0.5) is 0 Å². The molecule has 0 spiro atoms. The third kappa shape index (κ3) is 5.42. The maximum Gasteiger partial charge on any atom is 0.118 e. The van der Waals surface area contributed by atoms with Crippen LogP contribution in [0.1, 0.15) is 25.8 Å². The Morgan fingerprint density at radius 1 is 1.24 bits per heavy atom. The summed E-state index contributed by atoms with van der Waals surface area (Å²) in [6, 6.07) is 8.14. The highest BCUT2D eigenvalue weighted by molar-refractivity contribution is 6.17. The summed E-state index contributed by atoms with van der Waals surface area (Å²) < 4.78 is 5.12. The monoisotopic (exact) mass is 255 g/mol. The van der Waals surface area contributed by atoms with Crippen molar-refractivity contribution in [3.8, 4) is 5.75 Å². The van der Waals surface area contributed by atoms with Crippen molar-refractivity contribution in [2.24, 2.45) is 5.41 Å². The van der Waals surface area contributed by atoms with E-state index in [0.29, 0.717) is 0 Å². The molecule has 0 unspecified atom stereocenters. The van der Waals surface area contributed by atoms with Gasteiger partial charge < -0.3 is 10.1 Å². The van der Waals surface area contributed by atoms with Crippen molar-refractivity contribution in [2.45, 2.75) is 26.8 Å². The summed E-state index contributed by atoms with van der Waals surface area (Å²) in [5.41, 5.74) is 1.53. The molecule has 1 aromatic rings. The molecular formula is C14H22ClNO. The second kappa shape index (κ2) is 6.87. The Morgan fingerprint density at radius 2 is 1.88 bits per heavy atom. The largest absolute Gasteiger partial charge is 0.497 e. The van der Waals surface area contributed by atoms with Gasteiger partial charge in [-0.25, -0.2) is 0 Å². The zero-order valence-corrected chi connectivity index (χ0v) is 11.7. The minimum atomic E-state index is 0.258. The summed E-state index contributed by atoms with van der Waals surface area (Å²) in [6.45, 7) is 6.33. The average Bonchev–Trinajstić information content (AvgIpc) is 2.29. The van der Waals surface area contributed by atoms with Crippen molar-refractivity contribution >= 4 is 11.6 Å². The number of methoxy groups -OCH3 is 1. The molecule has 0 aliphatic heterocycles. The van der Waals surface area contributed by atoms with Gasteiger partial charge in [-0.2, -0.15) is 0 Å². The fraction of sp³-hybridized carbons (Fsp3) is 0.571. The zero-order valence-electron chi connectivity index (χ0n) is 10.9. The molecule has 3 heteroatoms. The predicted octanol–water partition coefficient (Wildman–Crippen LogP) is 3.44. The lowest BCUT2D eigenvalue weighted by atomic mass is 9.90. The van der Waals surface area contributed by atoms with E-state index in [1.54, 1.807) is 7.11 Å². The first-order valence-corrected chi connectivity index (χ1v) is 6.50. The van der Waals surface area contributed by atoms with Gasteiger partial charge in [0.05, 0.1) is 7.11 Å². The van der Waals surface area contributed by atoms with Crippen LogP contribution in [0.2, 0.25) is 0 Å². The Balaban J connectivity index is 2.35. The highest BCUT2D eigenvalue weighted by atomic mass is 35.5. The Labute approximate surface area is 109 Å². The van der Waals surface area contributed by atoms with Gasteiger partial charge in [0.2, 0.25) is 0 Å². The molecule has 0 aliphatic rings. The number of hydrogen-bond acceptors (Lipinski definition) is 2. The number of ether oxygens (including phenoxy) is 1. The summed E-state index contributed by atoms with van der Waals surface area (Å²) in [4.78, 5) is 0. The van der Waals surface area contributed by atoms with Gasteiger partial charge in [0.25, 0.3) is 0 Å². The van der Waals surface area contributed by atoms with Crippen LogP contribution < -0.4 is 10.1 Å². The number of alkyl halides is 1. The van der Waals surface area contributed by atoms with Crippen molar-refractivity contribution in [3.63, 3.8) is 0 Å². The first-order valence-electron chi connectivity index (χ1n) is 5.97. The summed E-state index contributed by atoms with van der Waals surface area (Å²) in [5, 5.41) is 3.46. The lowest BCUT2D eigenvalue weighted by Gasteiger charge is -2.23. The molecule has 1 rings (SSSR count). The first kappa shape index (κ1) is 14.3. The molecule has 0 atom stereocenters. The zero-order chi connectivity index (χ0) is 12.7. The van der Waals surface area contributed by atoms with Crippen LogP contribution >= 0.6 is 11.6 Å². The SMILES string of the molecule is COc1ccc(CNCC(C)(C)CCCl)cc1. The van der Waals surface area contributed by atoms with E-state index < -0.39 is 0 Å². The minimum absolute atomic E-state index is 0.258. The van der Waals surface area contributed by atoms with E-state index in [4.69, 9.17) is 16.3 Å². The second-order valence-electron chi connectivity index (χ2n) is 5.05. The van der Waals surface area contributed by atoms with E-state index in [1.165, 1.54) is 5.56 Å². The number of nitrogens with one attached hydrogen (secondary N) is 1. The fourth-order valence-corrected chi connectivity index (χ4v) is 2.14. The number of benzene rings is 1. The quantitative estimate of drug-likeness (QED) is 0.754. The molecule has 1 N–H and O–H groups in total. The fourth-order valence-electron chi connectivity index (χ4n) is 1.63. The lowest BCUT2D eigenvalue weighted by molar-refractivity contribution is 0.329. The summed E-state index contributed by atoms with van der Waals surface area (Å²) >= 11 is 5.77. The van der Waals surface area contributed by atoms with E-state index >= 15 is 0 Å². The van der Waals surface area contributed by atoms with Crippen molar-refractivity contribution in [1.29, 1.82) is 0 Å². The van der Waals surface area contributed by atoms with Crippen LogP contribution in [0.25, 0.3) is 0 Å². The molecule has 0 aromatic heterocycles. The third-order valence-electron chi connectivity index (χ3n) is 2.86. The van der Waals surface area contributed by atoms with Gasteiger partial charge in [-0.3, -0.25) is 0 Å². The van der Waals surface area contributed by atoms with E-state index in [9.17, 15) is 0 Å². The molecule has 0 heterocycles. The van der Waals surface area contributed by atoms with Crippen LogP contribution in [0.3, 0.4) is 0 Å². The summed E-state index contributed by atoms with van der Waals surface area (Å²) in [6.07, 6.45) is 1.03. The Bertz CT molecular complexity index is 321. The molecule has 2 nitrogen and oxygen atoms in total. The van der Waals surface area contributed by atoms with Crippen molar-refractivity contribution < 1.29 is 4.74 Å². The molecule has 0 amide bonds. The molecule has 0 fully saturated rings. The van der Waals surface area contributed by atoms with Crippen molar-refractivity contribution in [2.75, 3.05) is 19.5 Å². The number of halogens is 1. The maximum absolute atomic E-state index is 5.77. The van der Waals surface area contributed by atoms with E-state index in [0.717, 1.165) is 31.1 Å². The molecule has 0 radical (unpaired) electrons. The molecule has 0 saturated heterocycles. The second-order valence-corrected chi connectivity index (χ2v) is 5.43. The van der Waals surface area contributed by atoms with Crippen LogP contribution in [0.5, 0.6) is 5.75 Å². The Morgan fingerprint density at radius 3 is 2.41 bits per heavy atom. The van der Waals surface area contributed by atoms with E-state index in [2.05, 4.69) is 31.3 Å². The van der Waals surface area contributed by atoms with Crippen molar-refractivity contribution in [3.05, 3.63) is 29.8 Å². The van der Waals surface area contributed by atoms with Crippen LogP contribution in [0, 0.1) is 5.41 Å². The first-order chi connectivity index (χ1) is 8.07. The number of hydrogen-bond donors (Lipinski definition) is 1. The molecule has 0 saturated carbocycles. The molecule has 96 valence electrons. The minimum Gasteiger partial charge on any atom is -0.497 e. The van der Waals surface area contributed by atoms with Gasteiger partial charge in [-0.1, -0.05) is 26.0 Å². The van der Waals surface area contributed by atoms with Gasteiger partial charge in [0, 0.05) is 19.0 Å². The average molecular weight is 256 g/mol. The topological polar surface area (TPSA) is 21.3 Å². The lowest BCUT2D eigenvalue weighted by Crippen LogP contribution is -2.29. The standard InChI is InChI=1S/C14H22ClNO/c1-14(2,8-9-15)11-16-10-12-4-6-13(17-3)7-5-12/h4-7,16H,8-11H2,1-3H3. The predicted molar refractivity (Wildman–Crippen MR) is 73.8 cm³/mol. The smallest absolute Gasteiger partial charge is 0.118 e. The van der Waals surface area contributed by atoms with Crippen LogP contribution in [-0.4, -0.2) is 19.5 Å². The third-order valence-corrected chi connectivity index (χ3v) is 3.05. The Hall–Kier alpha value is -0.730. The number of rotatable bonds is 7. The molecular weight excluding hydrogens is 234 g/mol. The molecule has 0 bridgehead atoms. The Kier molecular flexibility index (Phi) is 5.79. The normalized spacial score (nSPS) is 11.5. The molecule has 1 aromatic carbocycles. The summed E-state index contributed by atoms with van der Waals surface area (Å²) in [5.74, 6) is 1.62. The van der Waals surface area contributed by atoms with Gasteiger partial charge in [-0.05, 0) is 29.5 Å². The van der Waals surface area contributed by atoms with Gasteiger partial charge in [-0.15, -0.1) is 11.6 Å². The maximum atomic E-state index is 5.77. The highest BCUT2D eigenvalue weighted by Gasteiger charge is 2.15. The van der Waals surface area contributed by atoms with E-state index in [1.807, 2.05) is 12.1 Å². The molecule has 0 aliphatic carbocycles. The van der Waals surface area contributed by atoms with Crippen LogP contribution in [0.15, 0.2) is 24.3 Å². The van der Waals surface area contributed by atoms with Gasteiger partial charge in [0.1, 0.15) is 5.75 Å². The van der Waals surface area contributed by atoms with Gasteiger partial charge in [0.15, 0.2) is 0 Å². The van der Waals surface area contributed by atoms with Crippen LogP contribution in [-0.2, 0) is 6.54 Å². The van der Waals surface area contributed by atoms with E-state index in [-0.39, 0.29) is 5.41 Å². The van der Waals surface area contributed by atoms with Gasteiger partial charge >= 0.3 is 0 Å². The molecule has 17 heavy (non-hydrogen) atoms. The van der Waals surface area contributed by atoms with Crippen molar-refractivity contribution in [1.82, 2.24) is 5.32 Å².